The van der Waals surface area contributed by atoms with E-state index < -0.39 is 0 Å². The molecule has 0 fully saturated rings. The summed E-state index contributed by atoms with van der Waals surface area (Å²) in [6.45, 7) is 0.789. The lowest BCUT2D eigenvalue weighted by Gasteiger charge is -2.03. The van der Waals surface area contributed by atoms with Crippen LogP contribution < -0.4 is 4.74 Å². The Balaban J connectivity index is 1.61. The van der Waals surface area contributed by atoms with Crippen LogP contribution in [0.25, 0.3) is 0 Å². The van der Waals surface area contributed by atoms with Crippen molar-refractivity contribution >= 4 is 0 Å². The van der Waals surface area contributed by atoms with Crippen molar-refractivity contribution in [2.45, 2.75) is 13.2 Å². The number of hydrogen-bond acceptors (Lipinski definition) is 5. The second kappa shape index (κ2) is 6.17. The van der Waals surface area contributed by atoms with Crippen LogP contribution in [0, 0.1) is 0 Å². The maximum Gasteiger partial charge on any atom is 0.134 e. The van der Waals surface area contributed by atoms with Crippen molar-refractivity contribution in [2.24, 2.45) is 0 Å². The standard InChI is InChI=1S/C16H15N3O3/c20-14-4-1-3-12(7-14)9-19-10-13(17-18-19)11-22-16-6-2-5-15(21)8-16/h1-8,10,20-21H,9,11H2. The zero-order chi connectivity index (χ0) is 15.4. The Morgan fingerprint density at radius 1 is 1.00 bits per heavy atom. The number of ether oxygens (including phenoxy) is 1. The molecule has 3 aromatic rings. The molecule has 1 heterocycles. The molecule has 0 aliphatic carbocycles. The van der Waals surface area contributed by atoms with Crippen molar-refractivity contribution < 1.29 is 14.9 Å². The molecule has 0 bridgehead atoms. The minimum Gasteiger partial charge on any atom is -0.508 e. The summed E-state index contributed by atoms with van der Waals surface area (Å²) in [5, 5.41) is 26.9. The van der Waals surface area contributed by atoms with E-state index in [-0.39, 0.29) is 18.1 Å². The fourth-order valence-electron chi connectivity index (χ4n) is 2.05. The van der Waals surface area contributed by atoms with Gasteiger partial charge in [-0.1, -0.05) is 23.4 Å². The number of aromatic hydroxyl groups is 2. The van der Waals surface area contributed by atoms with Gasteiger partial charge in [0.25, 0.3) is 0 Å². The van der Waals surface area contributed by atoms with Gasteiger partial charge in [0.15, 0.2) is 0 Å². The molecule has 2 aromatic carbocycles. The summed E-state index contributed by atoms with van der Waals surface area (Å²) in [7, 11) is 0. The lowest BCUT2D eigenvalue weighted by molar-refractivity contribution is 0.299. The Morgan fingerprint density at radius 3 is 2.55 bits per heavy atom. The molecule has 0 spiro atoms. The lowest BCUT2D eigenvalue weighted by atomic mass is 10.2. The molecule has 3 rings (SSSR count). The van der Waals surface area contributed by atoms with Crippen LogP contribution in [0.15, 0.2) is 54.7 Å². The summed E-state index contributed by atoms with van der Waals surface area (Å²) < 4.78 is 7.22. The fraction of sp³-hybridized carbons (Fsp3) is 0.125. The Kier molecular flexibility index (Phi) is 3.91. The normalized spacial score (nSPS) is 10.5. The Hall–Kier alpha value is -3.02. The summed E-state index contributed by atoms with van der Waals surface area (Å²) in [5.74, 6) is 0.956. The van der Waals surface area contributed by atoms with Gasteiger partial charge in [-0.15, -0.1) is 5.10 Å². The summed E-state index contributed by atoms with van der Waals surface area (Å²) in [6.07, 6.45) is 1.78. The molecule has 112 valence electrons. The average molecular weight is 297 g/mol. The number of nitrogens with zero attached hydrogens (tertiary/aromatic N) is 3. The van der Waals surface area contributed by atoms with Crippen molar-refractivity contribution in [1.82, 2.24) is 15.0 Å². The molecule has 22 heavy (non-hydrogen) atoms. The molecule has 0 radical (unpaired) electrons. The van der Waals surface area contributed by atoms with Gasteiger partial charge < -0.3 is 14.9 Å². The average Bonchev–Trinajstić information content (AvgIpc) is 2.93. The summed E-state index contributed by atoms with van der Waals surface area (Å²) >= 11 is 0. The Labute approximate surface area is 127 Å². The number of benzene rings is 2. The smallest absolute Gasteiger partial charge is 0.134 e. The second-order valence-corrected chi connectivity index (χ2v) is 4.86. The van der Waals surface area contributed by atoms with Gasteiger partial charge in [-0.3, -0.25) is 0 Å². The van der Waals surface area contributed by atoms with Gasteiger partial charge in [-0.05, 0) is 29.8 Å². The molecule has 0 saturated heterocycles. The van der Waals surface area contributed by atoms with E-state index in [2.05, 4.69) is 10.3 Å². The quantitative estimate of drug-likeness (QED) is 0.755. The molecular formula is C16H15N3O3. The van der Waals surface area contributed by atoms with Gasteiger partial charge in [0.05, 0.1) is 12.7 Å². The highest BCUT2D eigenvalue weighted by atomic mass is 16.5. The van der Waals surface area contributed by atoms with E-state index in [0.29, 0.717) is 18.0 Å². The lowest BCUT2D eigenvalue weighted by Crippen LogP contribution is -2.00. The molecule has 0 aliphatic heterocycles. The largest absolute Gasteiger partial charge is 0.508 e. The fourth-order valence-corrected chi connectivity index (χ4v) is 2.05. The van der Waals surface area contributed by atoms with Crippen molar-refractivity contribution in [1.29, 1.82) is 0 Å². The van der Waals surface area contributed by atoms with Gasteiger partial charge in [0, 0.05) is 6.07 Å². The van der Waals surface area contributed by atoms with Gasteiger partial charge >= 0.3 is 0 Å². The van der Waals surface area contributed by atoms with E-state index in [1.54, 1.807) is 47.3 Å². The SMILES string of the molecule is Oc1cccc(Cn2cc(COc3cccc(O)c3)nn2)c1. The monoisotopic (exact) mass is 297 g/mol. The topological polar surface area (TPSA) is 80.4 Å². The molecule has 0 saturated carbocycles. The van der Waals surface area contributed by atoms with Gasteiger partial charge in [-0.25, -0.2) is 4.68 Å². The predicted molar refractivity (Wildman–Crippen MR) is 79.7 cm³/mol. The highest BCUT2D eigenvalue weighted by Gasteiger charge is 2.04. The Morgan fingerprint density at radius 2 is 1.77 bits per heavy atom. The van der Waals surface area contributed by atoms with E-state index in [1.165, 1.54) is 6.07 Å². The second-order valence-electron chi connectivity index (χ2n) is 4.86. The van der Waals surface area contributed by atoms with Crippen LogP contribution in [0.2, 0.25) is 0 Å². The van der Waals surface area contributed by atoms with Gasteiger partial charge in [-0.2, -0.15) is 0 Å². The van der Waals surface area contributed by atoms with Crippen LogP contribution >= 0.6 is 0 Å². The molecule has 6 nitrogen and oxygen atoms in total. The maximum absolute atomic E-state index is 9.44. The minimum atomic E-state index is 0.157. The first-order chi connectivity index (χ1) is 10.7. The van der Waals surface area contributed by atoms with Crippen molar-refractivity contribution in [3.63, 3.8) is 0 Å². The van der Waals surface area contributed by atoms with Crippen molar-refractivity contribution in [3.8, 4) is 17.2 Å². The summed E-state index contributed by atoms with van der Waals surface area (Å²) in [6, 6.07) is 13.6. The minimum absolute atomic E-state index is 0.157. The van der Waals surface area contributed by atoms with Crippen LogP contribution in [0.3, 0.4) is 0 Å². The zero-order valence-electron chi connectivity index (χ0n) is 11.8. The molecule has 0 unspecified atom stereocenters. The third kappa shape index (κ3) is 3.54. The van der Waals surface area contributed by atoms with Gasteiger partial charge in [0.2, 0.25) is 0 Å². The van der Waals surface area contributed by atoms with E-state index in [0.717, 1.165) is 5.56 Å². The molecule has 2 N–H and O–H groups in total. The maximum atomic E-state index is 9.44. The highest BCUT2D eigenvalue weighted by Crippen LogP contribution is 2.18. The van der Waals surface area contributed by atoms with Crippen molar-refractivity contribution in [2.75, 3.05) is 0 Å². The predicted octanol–water partition coefficient (Wildman–Crippen LogP) is 2.32. The van der Waals surface area contributed by atoms with Gasteiger partial charge in [0.1, 0.15) is 29.5 Å². The molecule has 0 aliphatic rings. The van der Waals surface area contributed by atoms with Crippen LogP contribution in [0.1, 0.15) is 11.3 Å². The van der Waals surface area contributed by atoms with Crippen LogP contribution in [-0.4, -0.2) is 25.2 Å². The number of phenolic OH excluding ortho intramolecular Hbond substituents is 2. The molecular weight excluding hydrogens is 282 g/mol. The van der Waals surface area contributed by atoms with E-state index in [1.807, 2.05) is 6.07 Å². The first-order valence-electron chi connectivity index (χ1n) is 6.78. The summed E-state index contributed by atoms with van der Waals surface area (Å²) in [4.78, 5) is 0. The van der Waals surface area contributed by atoms with E-state index in [9.17, 15) is 10.2 Å². The zero-order valence-corrected chi connectivity index (χ0v) is 11.8. The van der Waals surface area contributed by atoms with Crippen LogP contribution in [-0.2, 0) is 13.2 Å². The molecule has 0 atom stereocenters. The Bertz CT molecular complexity index is 771. The number of hydrogen-bond donors (Lipinski definition) is 2. The van der Waals surface area contributed by atoms with Crippen LogP contribution in [0.4, 0.5) is 0 Å². The molecule has 6 heteroatoms. The third-order valence-electron chi connectivity index (χ3n) is 3.05. The van der Waals surface area contributed by atoms with E-state index >= 15 is 0 Å². The molecule has 1 aromatic heterocycles. The van der Waals surface area contributed by atoms with E-state index in [4.69, 9.17) is 4.74 Å². The van der Waals surface area contributed by atoms with Crippen LogP contribution in [0.5, 0.6) is 17.2 Å². The van der Waals surface area contributed by atoms with Crippen molar-refractivity contribution in [3.05, 3.63) is 66.0 Å². The highest BCUT2D eigenvalue weighted by molar-refractivity contribution is 5.31. The third-order valence-corrected chi connectivity index (χ3v) is 3.05. The summed E-state index contributed by atoms with van der Waals surface area (Å²) in [5.41, 5.74) is 1.62. The number of phenols is 2. The first kappa shape index (κ1) is 13.9. The number of rotatable bonds is 5. The number of aromatic nitrogens is 3. The first-order valence-corrected chi connectivity index (χ1v) is 6.78. The molecule has 0 amide bonds.